The van der Waals surface area contributed by atoms with Crippen LogP contribution in [0.5, 0.6) is 5.75 Å². The molecule has 3 rings (SSSR count). The van der Waals surface area contributed by atoms with Gasteiger partial charge in [0.2, 0.25) is 11.8 Å². The molecule has 0 spiro atoms. The molecular formula is C20H28N2O3. The lowest BCUT2D eigenvalue weighted by Crippen LogP contribution is -2.31. The maximum atomic E-state index is 12.5. The maximum absolute atomic E-state index is 12.5. The summed E-state index contributed by atoms with van der Waals surface area (Å²) in [6.45, 7) is 5.39. The summed E-state index contributed by atoms with van der Waals surface area (Å²) in [6, 6.07) is 7.56. The van der Waals surface area contributed by atoms with Gasteiger partial charge in [-0.2, -0.15) is 0 Å². The van der Waals surface area contributed by atoms with Crippen LogP contribution in [-0.4, -0.2) is 35.9 Å². The minimum Gasteiger partial charge on any atom is -0.490 e. The molecule has 2 aliphatic rings. The number of hydrogen-bond acceptors (Lipinski definition) is 3. The van der Waals surface area contributed by atoms with Gasteiger partial charge in [0.25, 0.3) is 0 Å². The van der Waals surface area contributed by atoms with E-state index < -0.39 is 0 Å². The van der Waals surface area contributed by atoms with E-state index in [1.165, 1.54) is 12.8 Å². The molecule has 1 saturated heterocycles. The summed E-state index contributed by atoms with van der Waals surface area (Å²) in [6.07, 6.45) is 5.26. The first-order valence-electron chi connectivity index (χ1n) is 9.36. The SMILES string of the molecule is CC(C)CN1C[C@@H](C(=O)Nc2cccc(OC3CCCC3)c2)CC1=O. The number of hydrogen-bond donors (Lipinski definition) is 1. The molecule has 2 fully saturated rings. The molecule has 25 heavy (non-hydrogen) atoms. The zero-order valence-electron chi connectivity index (χ0n) is 15.2. The molecule has 1 aliphatic heterocycles. The Bertz CT molecular complexity index is 623. The molecule has 0 radical (unpaired) electrons. The van der Waals surface area contributed by atoms with Crippen LogP contribution in [0.2, 0.25) is 0 Å². The van der Waals surface area contributed by atoms with Crippen molar-refractivity contribution in [3.8, 4) is 5.75 Å². The summed E-state index contributed by atoms with van der Waals surface area (Å²) < 4.78 is 5.99. The van der Waals surface area contributed by atoms with Gasteiger partial charge in [-0.25, -0.2) is 0 Å². The predicted octanol–water partition coefficient (Wildman–Crippen LogP) is 3.45. The first-order valence-corrected chi connectivity index (χ1v) is 9.36. The summed E-state index contributed by atoms with van der Waals surface area (Å²) in [4.78, 5) is 26.4. The van der Waals surface area contributed by atoms with Gasteiger partial charge >= 0.3 is 0 Å². The van der Waals surface area contributed by atoms with Gasteiger partial charge < -0.3 is 15.0 Å². The first-order chi connectivity index (χ1) is 12.0. The number of carbonyl (C=O) groups is 2. The van der Waals surface area contributed by atoms with Crippen molar-refractivity contribution in [3.05, 3.63) is 24.3 Å². The third-order valence-electron chi connectivity index (χ3n) is 4.88. The van der Waals surface area contributed by atoms with E-state index >= 15 is 0 Å². The van der Waals surface area contributed by atoms with Gasteiger partial charge in [-0.1, -0.05) is 19.9 Å². The predicted molar refractivity (Wildman–Crippen MR) is 97.5 cm³/mol. The number of ether oxygens (including phenoxy) is 1. The van der Waals surface area contributed by atoms with Crippen LogP contribution in [0.15, 0.2) is 24.3 Å². The van der Waals surface area contributed by atoms with Gasteiger partial charge in [0.05, 0.1) is 12.0 Å². The monoisotopic (exact) mass is 344 g/mol. The molecule has 0 aromatic heterocycles. The van der Waals surface area contributed by atoms with Crippen LogP contribution in [0.1, 0.15) is 46.0 Å². The number of rotatable bonds is 6. The Balaban J connectivity index is 1.56. The van der Waals surface area contributed by atoms with Gasteiger partial charge in [-0.05, 0) is 43.7 Å². The normalized spacial score (nSPS) is 21.2. The van der Waals surface area contributed by atoms with Crippen molar-refractivity contribution < 1.29 is 14.3 Å². The van der Waals surface area contributed by atoms with E-state index in [-0.39, 0.29) is 17.7 Å². The number of likely N-dealkylation sites (tertiary alicyclic amines) is 1. The molecule has 1 heterocycles. The van der Waals surface area contributed by atoms with E-state index in [1.807, 2.05) is 24.3 Å². The highest BCUT2D eigenvalue weighted by atomic mass is 16.5. The summed E-state index contributed by atoms with van der Waals surface area (Å²) in [5, 5.41) is 2.95. The highest BCUT2D eigenvalue weighted by Gasteiger charge is 2.34. The number of amides is 2. The molecule has 0 unspecified atom stereocenters. The molecule has 1 atom stereocenters. The van der Waals surface area contributed by atoms with Crippen LogP contribution in [0.25, 0.3) is 0 Å². The Kier molecular flexibility index (Phi) is 5.61. The van der Waals surface area contributed by atoms with Crippen LogP contribution in [0.4, 0.5) is 5.69 Å². The van der Waals surface area contributed by atoms with Crippen LogP contribution < -0.4 is 10.1 Å². The Labute approximate surface area is 149 Å². The van der Waals surface area contributed by atoms with Crippen LogP contribution in [0.3, 0.4) is 0 Å². The smallest absolute Gasteiger partial charge is 0.229 e. The van der Waals surface area contributed by atoms with Crippen molar-refractivity contribution >= 4 is 17.5 Å². The average Bonchev–Trinajstić information content (AvgIpc) is 3.18. The molecule has 5 heteroatoms. The van der Waals surface area contributed by atoms with Crippen molar-refractivity contribution in [2.75, 3.05) is 18.4 Å². The highest BCUT2D eigenvalue weighted by molar-refractivity contribution is 5.97. The molecular weight excluding hydrogens is 316 g/mol. The third-order valence-corrected chi connectivity index (χ3v) is 4.88. The van der Waals surface area contributed by atoms with E-state index in [1.54, 1.807) is 4.90 Å². The topological polar surface area (TPSA) is 58.6 Å². The summed E-state index contributed by atoms with van der Waals surface area (Å²) in [5.41, 5.74) is 0.732. The zero-order chi connectivity index (χ0) is 17.8. The van der Waals surface area contributed by atoms with Crippen LogP contribution in [0, 0.1) is 11.8 Å². The Morgan fingerprint density at radius 2 is 2.08 bits per heavy atom. The van der Waals surface area contributed by atoms with Gasteiger partial charge in [-0.15, -0.1) is 0 Å². The standard InChI is InChI=1S/C20H28N2O3/c1-14(2)12-22-13-15(10-19(22)23)20(24)21-16-6-5-9-18(11-16)25-17-7-3-4-8-17/h5-6,9,11,14-15,17H,3-4,7-8,10,12-13H2,1-2H3,(H,21,24)/t15-/m0/s1. The molecule has 2 amide bonds. The average molecular weight is 344 g/mol. The van der Waals surface area contributed by atoms with Crippen molar-refractivity contribution in [2.45, 2.75) is 52.1 Å². The van der Waals surface area contributed by atoms with E-state index in [4.69, 9.17) is 4.74 Å². The lowest BCUT2D eigenvalue weighted by Gasteiger charge is -2.19. The molecule has 0 bridgehead atoms. The lowest BCUT2D eigenvalue weighted by atomic mass is 10.1. The molecule has 1 aromatic carbocycles. The van der Waals surface area contributed by atoms with Crippen molar-refractivity contribution in [1.29, 1.82) is 0 Å². The van der Waals surface area contributed by atoms with Gasteiger partial charge in [-0.3, -0.25) is 9.59 Å². The number of anilines is 1. The largest absolute Gasteiger partial charge is 0.490 e. The fourth-order valence-corrected chi connectivity index (χ4v) is 3.66. The van der Waals surface area contributed by atoms with E-state index in [2.05, 4.69) is 19.2 Å². The minimum atomic E-state index is -0.273. The maximum Gasteiger partial charge on any atom is 0.229 e. The van der Waals surface area contributed by atoms with Crippen LogP contribution in [-0.2, 0) is 9.59 Å². The van der Waals surface area contributed by atoms with E-state index in [0.29, 0.717) is 31.5 Å². The second-order valence-electron chi connectivity index (χ2n) is 7.64. The summed E-state index contributed by atoms with van der Waals surface area (Å²) >= 11 is 0. The van der Waals surface area contributed by atoms with Crippen molar-refractivity contribution in [2.24, 2.45) is 11.8 Å². The van der Waals surface area contributed by atoms with Gasteiger partial charge in [0.1, 0.15) is 5.75 Å². The number of benzene rings is 1. The number of nitrogens with one attached hydrogen (secondary N) is 1. The molecule has 136 valence electrons. The number of carbonyl (C=O) groups excluding carboxylic acids is 2. The Morgan fingerprint density at radius 3 is 2.80 bits per heavy atom. The summed E-state index contributed by atoms with van der Waals surface area (Å²) in [7, 11) is 0. The molecule has 1 aliphatic carbocycles. The minimum absolute atomic E-state index is 0.0761. The fraction of sp³-hybridized carbons (Fsp3) is 0.600. The third kappa shape index (κ3) is 4.74. The van der Waals surface area contributed by atoms with Crippen LogP contribution >= 0.6 is 0 Å². The zero-order valence-corrected chi connectivity index (χ0v) is 15.2. The Morgan fingerprint density at radius 1 is 1.32 bits per heavy atom. The second-order valence-corrected chi connectivity index (χ2v) is 7.64. The molecule has 1 saturated carbocycles. The lowest BCUT2D eigenvalue weighted by molar-refractivity contribution is -0.128. The van der Waals surface area contributed by atoms with Crippen molar-refractivity contribution in [3.63, 3.8) is 0 Å². The van der Waals surface area contributed by atoms with E-state index in [0.717, 1.165) is 24.3 Å². The van der Waals surface area contributed by atoms with Gasteiger partial charge in [0.15, 0.2) is 0 Å². The van der Waals surface area contributed by atoms with E-state index in [9.17, 15) is 9.59 Å². The number of nitrogens with zero attached hydrogens (tertiary/aromatic N) is 1. The van der Waals surface area contributed by atoms with Crippen molar-refractivity contribution in [1.82, 2.24) is 4.90 Å². The first kappa shape index (κ1) is 17.8. The fourth-order valence-electron chi connectivity index (χ4n) is 3.66. The Hall–Kier alpha value is -2.04. The highest BCUT2D eigenvalue weighted by Crippen LogP contribution is 2.26. The quantitative estimate of drug-likeness (QED) is 0.860. The molecule has 5 nitrogen and oxygen atoms in total. The second kappa shape index (κ2) is 7.89. The molecule has 1 aromatic rings. The summed E-state index contributed by atoms with van der Waals surface area (Å²) in [5.74, 6) is 0.930. The molecule has 1 N–H and O–H groups in total. The van der Waals surface area contributed by atoms with Gasteiger partial charge in [0, 0.05) is 31.3 Å².